The summed E-state index contributed by atoms with van der Waals surface area (Å²) >= 11 is 5.81. The fraction of sp³-hybridized carbons (Fsp3) is 0.0833. The van der Waals surface area contributed by atoms with E-state index in [4.69, 9.17) is 11.6 Å². The van der Waals surface area contributed by atoms with Crippen LogP contribution in [0.3, 0.4) is 0 Å². The highest BCUT2D eigenvalue weighted by atomic mass is 35.5. The summed E-state index contributed by atoms with van der Waals surface area (Å²) in [5, 5.41) is 12.8. The molecule has 0 radical (unpaired) electrons. The molecule has 0 fully saturated rings. The van der Waals surface area contributed by atoms with Crippen LogP contribution in [-0.2, 0) is 5.75 Å². The van der Waals surface area contributed by atoms with Crippen LogP contribution in [0.4, 0.5) is 0 Å². The highest BCUT2D eigenvalue weighted by molar-refractivity contribution is 8.76. The predicted octanol–water partition coefficient (Wildman–Crippen LogP) is 3.91. The molecule has 5 heteroatoms. The Morgan fingerprint density at radius 3 is 2.59 bits per heavy atom. The number of pyridine rings is 1. The first kappa shape index (κ1) is 12.6. The van der Waals surface area contributed by atoms with Crippen LogP contribution >= 0.6 is 33.2 Å². The van der Waals surface area contributed by atoms with E-state index < -0.39 is 0 Å². The molecule has 0 bridgehead atoms. The van der Waals surface area contributed by atoms with Gasteiger partial charge in [0.2, 0.25) is 0 Å². The molecule has 0 amide bonds. The summed E-state index contributed by atoms with van der Waals surface area (Å²) in [7, 11) is 3.11. The number of aromatic nitrogens is 1. The van der Waals surface area contributed by atoms with E-state index in [-0.39, 0.29) is 0 Å². The average Bonchev–Trinajstić information content (AvgIpc) is 2.34. The largest absolute Gasteiger partial charge is 0.618 e. The summed E-state index contributed by atoms with van der Waals surface area (Å²) in [4.78, 5) is 0. The van der Waals surface area contributed by atoms with Gasteiger partial charge in [-0.25, -0.2) is 0 Å². The molecule has 0 atom stereocenters. The molecule has 17 heavy (non-hydrogen) atoms. The highest BCUT2D eigenvalue weighted by Gasteiger charge is 2.04. The molecular formula is C12H10ClNOS2. The van der Waals surface area contributed by atoms with E-state index in [1.807, 2.05) is 36.4 Å². The van der Waals surface area contributed by atoms with Crippen LogP contribution in [0.25, 0.3) is 0 Å². The minimum absolute atomic E-state index is 0.700. The molecule has 1 heterocycles. The fourth-order valence-corrected chi connectivity index (χ4v) is 3.45. The van der Waals surface area contributed by atoms with Crippen LogP contribution in [0.5, 0.6) is 0 Å². The summed E-state index contributed by atoms with van der Waals surface area (Å²) in [6.07, 6.45) is 1.51. The van der Waals surface area contributed by atoms with Gasteiger partial charge in [0.25, 0.3) is 5.03 Å². The minimum Gasteiger partial charge on any atom is -0.618 e. The molecular weight excluding hydrogens is 274 g/mol. The Morgan fingerprint density at radius 2 is 1.88 bits per heavy atom. The van der Waals surface area contributed by atoms with Crippen molar-refractivity contribution in [2.75, 3.05) is 0 Å². The molecule has 0 saturated heterocycles. The zero-order valence-corrected chi connectivity index (χ0v) is 11.3. The maximum atomic E-state index is 11.4. The Hall–Kier alpha value is -0.840. The van der Waals surface area contributed by atoms with Crippen molar-refractivity contribution in [2.45, 2.75) is 10.8 Å². The minimum atomic E-state index is 0.700. The van der Waals surface area contributed by atoms with E-state index in [1.54, 1.807) is 16.9 Å². The third-order valence-electron chi connectivity index (χ3n) is 2.07. The molecule has 0 unspecified atom stereocenters. The maximum Gasteiger partial charge on any atom is 0.261 e. The number of benzene rings is 1. The first-order valence-corrected chi connectivity index (χ1v) is 7.67. The Kier molecular flexibility index (Phi) is 4.59. The molecule has 0 aliphatic carbocycles. The number of hydrogen-bond donors (Lipinski definition) is 0. The molecule has 88 valence electrons. The van der Waals surface area contributed by atoms with Crippen molar-refractivity contribution in [3.8, 4) is 0 Å². The Balaban J connectivity index is 1.88. The summed E-state index contributed by atoms with van der Waals surface area (Å²) in [6, 6.07) is 13.1. The zero-order valence-electron chi connectivity index (χ0n) is 8.88. The van der Waals surface area contributed by atoms with E-state index in [0.717, 1.165) is 15.5 Å². The zero-order chi connectivity index (χ0) is 12.1. The van der Waals surface area contributed by atoms with Gasteiger partial charge in [-0.2, -0.15) is 4.73 Å². The van der Waals surface area contributed by atoms with Crippen molar-refractivity contribution in [1.29, 1.82) is 0 Å². The highest BCUT2D eigenvalue weighted by Crippen LogP contribution is 2.31. The van der Waals surface area contributed by atoms with Crippen molar-refractivity contribution < 1.29 is 4.73 Å². The van der Waals surface area contributed by atoms with E-state index in [1.165, 1.54) is 22.6 Å². The van der Waals surface area contributed by atoms with Crippen LogP contribution < -0.4 is 4.73 Å². The molecule has 0 aliphatic rings. The van der Waals surface area contributed by atoms with E-state index in [0.29, 0.717) is 5.03 Å². The lowest BCUT2D eigenvalue weighted by Gasteiger charge is -2.03. The maximum absolute atomic E-state index is 11.4. The molecule has 0 saturated carbocycles. The van der Waals surface area contributed by atoms with Gasteiger partial charge in [0.1, 0.15) is 0 Å². The van der Waals surface area contributed by atoms with Gasteiger partial charge in [-0.3, -0.25) is 0 Å². The third kappa shape index (κ3) is 3.84. The van der Waals surface area contributed by atoms with E-state index in [2.05, 4.69) is 0 Å². The van der Waals surface area contributed by atoms with Gasteiger partial charge in [-0.15, -0.1) is 0 Å². The van der Waals surface area contributed by atoms with Crippen LogP contribution in [0.2, 0.25) is 5.02 Å². The van der Waals surface area contributed by atoms with Gasteiger partial charge in [-0.05, 0) is 23.8 Å². The molecule has 0 aliphatic heterocycles. The van der Waals surface area contributed by atoms with Gasteiger partial charge in [0, 0.05) is 33.7 Å². The molecule has 2 nitrogen and oxygen atoms in total. The number of nitrogens with zero attached hydrogens (tertiary/aromatic N) is 1. The molecule has 0 N–H and O–H groups in total. The second kappa shape index (κ2) is 6.19. The summed E-state index contributed by atoms with van der Waals surface area (Å²) < 4.78 is 0.875. The van der Waals surface area contributed by atoms with Crippen LogP contribution in [0, 0.1) is 5.21 Å². The Bertz CT molecular complexity index is 490. The Morgan fingerprint density at radius 1 is 1.12 bits per heavy atom. The summed E-state index contributed by atoms with van der Waals surface area (Å²) in [5.41, 5.74) is 1.19. The van der Waals surface area contributed by atoms with Crippen molar-refractivity contribution in [1.82, 2.24) is 0 Å². The van der Waals surface area contributed by atoms with Crippen LogP contribution in [-0.4, -0.2) is 0 Å². The lowest BCUT2D eigenvalue weighted by molar-refractivity contribution is -0.645. The van der Waals surface area contributed by atoms with Gasteiger partial charge >= 0.3 is 0 Å². The third-order valence-corrected chi connectivity index (χ3v) is 4.60. The molecule has 1 aromatic heterocycles. The van der Waals surface area contributed by atoms with Gasteiger partial charge in [-0.1, -0.05) is 34.5 Å². The first-order valence-electron chi connectivity index (χ1n) is 4.98. The average molecular weight is 284 g/mol. The second-order valence-electron chi connectivity index (χ2n) is 3.34. The smallest absolute Gasteiger partial charge is 0.261 e. The number of rotatable bonds is 4. The fourth-order valence-electron chi connectivity index (χ4n) is 1.22. The summed E-state index contributed by atoms with van der Waals surface area (Å²) in [6.45, 7) is 0. The van der Waals surface area contributed by atoms with Crippen molar-refractivity contribution in [2.24, 2.45) is 0 Å². The molecule has 0 spiro atoms. The predicted molar refractivity (Wildman–Crippen MR) is 74.0 cm³/mol. The Labute approximate surface area is 113 Å². The number of hydrogen-bond acceptors (Lipinski definition) is 3. The van der Waals surface area contributed by atoms with Crippen LogP contribution in [0.15, 0.2) is 53.7 Å². The SMILES string of the molecule is [O-][n+]1ccccc1SSCc1ccc(Cl)cc1. The van der Waals surface area contributed by atoms with Gasteiger partial charge in [0.15, 0.2) is 6.20 Å². The lowest BCUT2D eigenvalue weighted by Crippen LogP contribution is -2.27. The van der Waals surface area contributed by atoms with Crippen molar-refractivity contribution in [3.05, 3.63) is 64.5 Å². The quantitative estimate of drug-likeness (QED) is 0.483. The standard InChI is InChI=1S/C12H10ClNOS2/c13-11-6-4-10(5-7-11)9-16-17-12-3-1-2-8-14(12)15/h1-8H,9H2. The van der Waals surface area contributed by atoms with Gasteiger partial charge < -0.3 is 5.21 Å². The molecule has 2 aromatic rings. The topological polar surface area (TPSA) is 26.9 Å². The summed E-state index contributed by atoms with van der Waals surface area (Å²) in [5.74, 6) is 0.844. The van der Waals surface area contributed by atoms with Crippen molar-refractivity contribution in [3.63, 3.8) is 0 Å². The lowest BCUT2D eigenvalue weighted by atomic mass is 10.2. The normalized spacial score (nSPS) is 10.4. The second-order valence-corrected chi connectivity index (χ2v) is 6.09. The monoisotopic (exact) mass is 283 g/mol. The van der Waals surface area contributed by atoms with Gasteiger partial charge in [0.05, 0.1) is 0 Å². The van der Waals surface area contributed by atoms with Crippen molar-refractivity contribution >= 4 is 33.2 Å². The van der Waals surface area contributed by atoms with Crippen LogP contribution in [0.1, 0.15) is 5.56 Å². The van der Waals surface area contributed by atoms with E-state index >= 15 is 0 Å². The molecule has 1 aromatic carbocycles. The van der Waals surface area contributed by atoms with E-state index in [9.17, 15) is 5.21 Å². The number of halogens is 1. The molecule has 2 rings (SSSR count). The first-order chi connectivity index (χ1) is 8.25.